The van der Waals surface area contributed by atoms with Crippen LogP contribution >= 0.6 is 0 Å². The molecular formula is C42H68O6. The Hall–Kier alpha value is -3.02. The van der Waals surface area contributed by atoms with Crippen molar-refractivity contribution in [3.05, 3.63) is 64.0 Å². The quantitative estimate of drug-likeness (QED) is 0.0788. The molecule has 1 aromatic carbocycles. The zero-order valence-corrected chi connectivity index (χ0v) is 32.7. The number of hydrogen-bond acceptors (Lipinski definition) is 6. The van der Waals surface area contributed by atoms with Gasteiger partial charge in [-0.1, -0.05) is 120 Å². The van der Waals surface area contributed by atoms with Gasteiger partial charge in [-0.15, -0.1) is 0 Å². The molecule has 0 heterocycles. The molecule has 0 atom stereocenters. The maximum atomic E-state index is 12.4. The number of allylic oxidation sites excluding steroid dienone is 4. The van der Waals surface area contributed by atoms with Crippen LogP contribution in [0.3, 0.4) is 0 Å². The number of benzene rings is 1. The lowest BCUT2D eigenvalue weighted by molar-refractivity contribution is -0.144. The second-order valence-electron chi connectivity index (χ2n) is 17.3. The van der Waals surface area contributed by atoms with Crippen molar-refractivity contribution in [2.24, 2.45) is 10.8 Å². The molecule has 2 N–H and O–H groups in total. The van der Waals surface area contributed by atoms with E-state index in [1.807, 2.05) is 18.2 Å². The van der Waals surface area contributed by atoms with Gasteiger partial charge >= 0.3 is 11.9 Å². The maximum Gasteiger partial charge on any atom is 0.306 e. The van der Waals surface area contributed by atoms with Crippen LogP contribution in [0.5, 0.6) is 5.75 Å². The number of aryl methyl sites for hydroxylation is 1. The van der Waals surface area contributed by atoms with Gasteiger partial charge in [-0.25, -0.2) is 0 Å². The highest BCUT2D eigenvalue weighted by Crippen LogP contribution is 2.41. The molecule has 1 rings (SSSR count). The Morgan fingerprint density at radius 3 is 1.58 bits per heavy atom. The third kappa shape index (κ3) is 14.6. The number of phenols is 1. The summed E-state index contributed by atoms with van der Waals surface area (Å²) in [5, 5.41) is 22.1. The average Bonchev–Trinajstić information content (AvgIpc) is 2.93. The lowest BCUT2D eigenvalue weighted by atomic mass is 9.77. The first-order valence-corrected chi connectivity index (χ1v) is 17.9. The zero-order chi connectivity index (χ0) is 37.1. The molecule has 0 amide bonds. The van der Waals surface area contributed by atoms with Crippen LogP contribution in [-0.4, -0.2) is 35.4 Å². The van der Waals surface area contributed by atoms with Crippen LogP contribution in [0.15, 0.2) is 47.3 Å². The van der Waals surface area contributed by atoms with E-state index >= 15 is 0 Å². The summed E-state index contributed by atoms with van der Waals surface area (Å²) in [6, 6.07) is 4.03. The van der Waals surface area contributed by atoms with Crippen molar-refractivity contribution in [1.82, 2.24) is 0 Å². The fraction of sp³-hybridized carbons (Fsp3) is 0.667. The van der Waals surface area contributed by atoms with Crippen LogP contribution in [-0.2, 0) is 36.3 Å². The van der Waals surface area contributed by atoms with E-state index in [1.54, 1.807) is 0 Å². The highest BCUT2D eigenvalue weighted by molar-refractivity contribution is 5.70. The van der Waals surface area contributed by atoms with E-state index in [4.69, 9.17) is 9.47 Å². The summed E-state index contributed by atoms with van der Waals surface area (Å²) in [6.45, 7) is 32.0. The van der Waals surface area contributed by atoms with Crippen molar-refractivity contribution in [3.63, 3.8) is 0 Å². The summed E-state index contributed by atoms with van der Waals surface area (Å²) in [7, 11) is 0. The van der Waals surface area contributed by atoms with E-state index in [0.717, 1.165) is 65.5 Å². The number of aliphatic hydroxyl groups excluding tert-OH is 1. The molecule has 0 aliphatic rings. The van der Waals surface area contributed by atoms with Gasteiger partial charge in [-0.05, 0) is 94.4 Å². The minimum Gasteiger partial charge on any atom is -0.508 e. The van der Waals surface area contributed by atoms with Crippen molar-refractivity contribution < 1.29 is 29.3 Å². The molecule has 1 aromatic rings. The monoisotopic (exact) mass is 669 g/mol. The van der Waals surface area contributed by atoms with E-state index in [1.165, 1.54) is 0 Å². The molecule has 0 radical (unpaired) electrons. The van der Waals surface area contributed by atoms with Crippen LogP contribution < -0.4 is 0 Å². The van der Waals surface area contributed by atoms with Crippen molar-refractivity contribution in [2.45, 2.75) is 159 Å². The third-order valence-electron chi connectivity index (χ3n) is 8.57. The minimum atomic E-state index is -0.279. The SMILES string of the molecule is C=C(/C=C(\C(O)=C(/CC)C(C)(C)C)C(C)(C)C)CCC(=O)OCCCCCCOC(=O)CCc1cc(C(C)(C)C)c(O)c(C(C)(C)C)c1. The van der Waals surface area contributed by atoms with Crippen LogP contribution in [0, 0.1) is 10.8 Å². The first kappa shape index (κ1) is 43.0. The predicted octanol–water partition coefficient (Wildman–Crippen LogP) is 11.1. The Morgan fingerprint density at radius 1 is 0.729 bits per heavy atom. The molecule has 0 aliphatic heterocycles. The van der Waals surface area contributed by atoms with E-state index < -0.39 is 0 Å². The Bertz CT molecular complexity index is 1260. The molecule has 272 valence electrons. The molecule has 0 fully saturated rings. The number of unbranched alkanes of at least 4 members (excludes halogenated alkanes) is 3. The highest BCUT2D eigenvalue weighted by atomic mass is 16.5. The van der Waals surface area contributed by atoms with Gasteiger partial charge < -0.3 is 19.7 Å². The van der Waals surface area contributed by atoms with E-state index in [9.17, 15) is 19.8 Å². The van der Waals surface area contributed by atoms with Gasteiger partial charge in [0.1, 0.15) is 11.5 Å². The molecule has 0 aliphatic carbocycles. The summed E-state index contributed by atoms with van der Waals surface area (Å²) in [6.07, 6.45) is 7.54. The van der Waals surface area contributed by atoms with Crippen LogP contribution in [0.1, 0.15) is 158 Å². The number of esters is 2. The number of carbonyl (C=O) groups excluding carboxylic acids is 2. The summed E-state index contributed by atoms with van der Waals surface area (Å²) in [5.74, 6) is 0.201. The molecule has 0 aromatic heterocycles. The van der Waals surface area contributed by atoms with Crippen LogP contribution in [0.2, 0.25) is 0 Å². The van der Waals surface area contributed by atoms with Gasteiger partial charge in [-0.3, -0.25) is 9.59 Å². The lowest BCUT2D eigenvalue weighted by Gasteiger charge is -2.29. The Labute approximate surface area is 293 Å². The number of phenolic OH excluding ortho intramolecular Hbond substituents is 1. The van der Waals surface area contributed by atoms with Gasteiger partial charge in [-0.2, -0.15) is 0 Å². The molecule has 0 saturated heterocycles. The van der Waals surface area contributed by atoms with Gasteiger partial charge in [0.25, 0.3) is 0 Å². The molecule has 0 bridgehead atoms. The fourth-order valence-electron chi connectivity index (χ4n) is 5.70. The predicted molar refractivity (Wildman–Crippen MR) is 200 cm³/mol. The van der Waals surface area contributed by atoms with E-state index in [-0.39, 0.29) is 40.0 Å². The summed E-state index contributed by atoms with van der Waals surface area (Å²) < 4.78 is 10.9. The lowest BCUT2D eigenvalue weighted by Crippen LogP contribution is -2.18. The normalized spacial score (nSPS) is 13.6. The van der Waals surface area contributed by atoms with Crippen molar-refractivity contribution in [2.75, 3.05) is 13.2 Å². The van der Waals surface area contributed by atoms with Gasteiger partial charge in [0, 0.05) is 12.8 Å². The van der Waals surface area contributed by atoms with Crippen LogP contribution in [0.4, 0.5) is 0 Å². The number of hydrogen-bond donors (Lipinski definition) is 2. The number of aliphatic hydroxyl groups is 1. The second-order valence-corrected chi connectivity index (χ2v) is 17.3. The average molecular weight is 669 g/mol. The van der Waals surface area contributed by atoms with Crippen molar-refractivity contribution in [1.29, 1.82) is 0 Å². The first-order valence-electron chi connectivity index (χ1n) is 17.9. The third-order valence-corrected chi connectivity index (χ3v) is 8.57. The summed E-state index contributed by atoms with van der Waals surface area (Å²) in [5.41, 5.74) is 4.59. The number of rotatable bonds is 16. The van der Waals surface area contributed by atoms with E-state index in [0.29, 0.717) is 44.0 Å². The number of carbonyl (C=O) groups is 2. The fourth-order valence-corrected chi connectivity index (χ4v) is 5.70. The maximum absolute atomic E-state index is 12.4. The van der Waals surface area contributed by atoms with E-state index in [2.05, 4.69) is 96.6 Å². The molecule has 0 spiro atoms. The van der Waals surface area contributed by atoms with Crippen molar-refractivity contribution in [3.8, 4) is 5.75 Å². The summed E-state index contributed by atoms with van der Waals surface area (Å²) >= 11 is 0. The van der Waals surface area contributed by atoms with Crippen LogP contribution in [0.25, 0.3) is 0 Å². The molecular weight excluding hydrogens is 600 g/mol. The highest BCUT2D eigenvalue weighted by Gasteiger charge is 2.28. The first-order chi connectivity index (χ1) is 21.9. The van der Waals surface area contributed by atoms with Gasteiger partial charge in [0.05, 0.1) is 13.2 Å². The standard InChI is InChI=1S/C42H68O6/c1-15-31(39(3,4)5)37(45)32(40(6,7)8)26-29(2)20-22-35(43)47-24-18-16-17-19-25-48-36(44)23-21-30-27-33(41(9,10)11)38(46)34(28-30)42(12,13)14/h26-28,45-46H,2,15-25H2,1,3-14H3/b32-26+,37-31-. The minimum absolute atomic E-state index is 0.151. The Balaban J connectivity index is 2.44. The molecule has 0 unspecified atom stereocenters. The zero-order valence-electron chi connectivity index (χ0n) is 32.7. The molecule has 48 heavy (non-hydrogen) atoms. The van der Waals surface area contributed by atoms with Crippen molar-refractivity contribution >= 4 is 11.9 Å². The molecule has 0 saturated carbocycles. The Kier molecular flexibility index (Phi) is 16.2. The Morgan fingerprint density at radius 2 is 1.19 bits per heavy atom. The number of aromatic hydroxyl groups is 1. The van der Waals surface area contributed by atoms with Gasteiger partial charge in [0.15, 0.2) is 0 Å². The second kappa shape index (κ2) is 18.1. The molecule has 6 nitrogen and oxygen atoms in total. The largest absolute Gasteiger partial charge is 0.508 e. The summed E-state index contributed by atoms with van der Waals surface area (Å²) in [4.78, 5) is 24.8. The number of ether oxygens (including phenoxy) is 2. The topological polar surface area (TPSA) is 93.1 Å². The van der Waals surface area contributed by atoms with Gasteiger partial charge in [0.2, 0.25) is 0 Å². The molecule has 6 heteroatoms. The smallest absolute Gasteiger partial charge is 0.306 e.